The number of rotatable bonds is 2. The zero-order chi connectivity index (χ0) is 14.2. The summed E-state index contributed by atoms with van der Waals surface area (Å²) in [5, 5.41) is 0.184. The van der Waals surface area contributed by atoms with Gasteiger partial charge in [0.15, 0.2) is 0 Å². The van der Waals surface area contributed by atoms with Gasteiger partial charge >= 0.3 is 0 Å². The molecule has 0 amide bonds. The van der Waals surface area contributed by atoms with Gasteiger partial charge in [-0.25, -0.2) is 4.39 Å². The lowest BCUT2D eigenvalue weighted by atomic mass is 9.94. The lowest BCUT2D eigenvalue weighted by Gasteiger charge is -2.18. The third-order valence-corrected chi connectivity index (χ3v) is 4.60. The Bertz CT molecular complexity index is 599. The Kier molecular flexibility index (Phi) is 4.32. The summed E-state index contributed by atoms with van der Waals surface area (Å²) in [6, 6.07) is 9.17. The molecule has 0 aliphatic heterocycles. The van der Waals surface area contributed by atoms with E-state index in [1.807, 2.05) is 6.07 Å². The van der Waals surface area contributed by atoms with Crippen LogP contribution in [0.2, 0.25) is 5.02 Å². The van der Waals surface area contributed by atoms with Gasteiger partial charge in [-0.15, -0.1) is 0 Å². The van der Waals surface area contributed by atoms with Crippen molar-refractivity contribution in [2.24, 2.45) is 0 Å². The maximum Gasteiger partial charge on any atom is 0.142 e. The van der Waals surface area contributed by atoms with Crippen molar-refractivity contribution in [1.29, 1.82) is 0 Å². The van der Waals surface area contributed by atoms with Gasteiger partial charge in [-0.05, 0) is 49.1 Å². The number of halogens is 3. The van der Waals surface area contributed by atoms with Crippen LogP contribution in [0.3, 0.4) is 0 Å². The minimum atomic E-state index is -0.383. The second kappa shape index (κ2) is 5.64. The monoisotopic (exact) mass is 340 g/mol. The summed E-state index contributed by atoms with van der Waals surface area (Å²) in [6.45, 7) is 6.20. The number of hydrogen-bond acceptors (Lipinski definition) is 0. The van der Waals surface area contributed by atoms with Crippen LogP contribution in [-0.4, -0.2) is 0 Å². The Hall–Kier alpha value is -0.860. The third kappa shape index (κ3) is 2.85. The fourth-order valence-corrected chi connectivity index (χ4v) is 3.93. The van der Waals surface area contributed by atoms with Crippen molar-refractivity contribution in [2.45, 2.75) is 25.6 Å². The normalized spacial score (nSPS) is 12.5. The summed E-state index contributed by atoms with van der Waals surface area (Å²) < 4.78 is 13.6. The van der Waals surface area contributed by atoms with Crippen molar-refractivity contribution >= 4 is 27.5 Å². The van der Waals surface area contributed by atoms with E-state index in [9.17, 15) is 4.39 Å². The topological polar surface area (TPSA) is 0 Å². The fraction of sp³-hybridized carbons (Fsp3) is 0.250. The van der Waals surface area contributed by atoms with Gasteiger partial charge in [0.1, 0.15) is 5.82 Å². The Morgan fingerprint density at radius 2 is 1.68 bits per heavy atom. The Morgan fingerprint density at radius 1 is 1.11 bits per heavy atom. The van der Waals surface area contributed by atoms with E-state index in [4.69, 9.17) is 11.6 Å². The molecule has 0 radical (unpaired) electrons. The van der Waals surface area contributed by atoms with Crippen molar-refractivity contribution in [2.75, 3.05) is 0 Å². The van der Waals surface area contributed by atoms with Gasteiger partial charge in [-0.2, -0.15) is 0 Å². The molecule has 2 aromatic carbocycles. The molecule has 0 saturated carbocycles. The van der Waals surface area contributed by atoms with Crippen molar-refractivity contribution in [3.05, 3.63) is 69.0 Å². The number of hydrogen-bond donors (Lipinski definition) is 0. The van der Waals surface area contributed by atoms with Crippen LogP contribution < -0.4 is 0 Å². The summed E-state index contributed by atoms with van der Waals surface area (Å²) >= 11 is 9.72. The average molecular weight is 342 g/mol. The lowest BCUT2D eigenvalue weighted by Crippen LogP contribution is -2.01. The highest BCUT2D eigenvalue weighted by molar-refractivity contribution is 9.09. The van der Waals surface area contributed by atoms with Crippen LogP contribution in [-0.2, 0) is 0 Å². The second-order valence-electron chi connectivity index (χ2n) is 4.82. The molecule has 0 aromatic heterocycles. The smallest absolute Gasteiger partial charge is 0.142 e. The molecule has 100 valence electrons. The molecule has 0 saturated heterocycles. The Labute approximate surface area is 126 Å². The highest BCUT2D eigenvalue weighted by Gasteiger charge is 2.19. The zero-order valence-electron chi connectivity index (χ0n) is 11.1. The molecule has 0 heterocycles. The van der Waals surface area contributed by atoms with E-state index in [0.29, 0.717) is 0 Å². The van der Waals surface area contributed by atoms with Crippen LogP contribution in [0.4, 0.5) is 4.39 Å². The third-order valence-electron chi connectivity index (χ3n) is 3.25. The van der Waals surface area contributed by atoms with Crippen LogP contribution >= 0.6 is 27.5 Å². The predicted octanol–water partition coefficient (Wildman–Crippen LogP) is 5.89. The van der Waals surface area contributed by atoms with Crippen LogP contribution in [0.1, 0.15) is 32.6 Å². The predicted molar refractivity (Wildman–Crippen MR) is 82.8 cm³/mol. The van der Waals surface area contributed by atoms with E-state index in [1.165, 1.54) is 22.8 Å². The van der Waals surface area contributed by atoms with Crippen molar-refractivity contribution in [3.8, 4) is 0 Å². The van der Waals surface area contributed by atoms with E-state index >= 15 is 0 Å². The molecule has 3 heteroatoms. The maximum atomic E-state index is 13.6. The second-order valence-corrected chi connectivity index (χ2v) is 6.11. The van der Waals surface area contributed by atoms with Gasteiger partial charge in [0.25, 0.3) is 0 Å². The van der Waals surface area contributed by atoms with Gasteiger partial charge in [0.05, 0.1) is 9.85 Å². The molecule has 2 aromatic rings. The summed E-state index contributed by atoms with van der Waals surface area (Å²) in [5.41, 5.74) is 5.50. The van der Waals surface area contributed by atoms with Crippen molar-refractivity contribution in [1.82, 2.24) is 0 Å². The molecule has 0 N–H and O–H groups in total. The maximum absolute atomic E-state index is 13.6. The standard InChI is InChI=1S/C16H15BrClF/c1-9-7-10(2)14(11(3)8-9)15(17)12-5-4-6-13(19)16(12)18/h4-8,15H,1-3H3. The number of benzene rings is 2. The summed E-state index contributed by atoms with van der Waals surface area (Å²) in [6.07, 6.45) is 0. The van der Waals surface area contributed by atoms with E-state index in [2.05, 4.69) is 48.8 Å². The van der Waals surface area contributed by atoms with E-state index in [0.717, 1.165) is 11.1 Å². The SMILES string of the molecule is Cc1cc(C)c(C(Br)c2cccc(F)c2Cl)c(C)c1. The van der Waals surface area contributed by atoms with Crippen molar-refractivity contribution in [3.63, 3.8) is 0 Å². The van der Waals surface area contributed by atoms with E-state index in [-0.39, 0.29) is 15.7 Å². The number of alkyl halides is 1. The Balaban J connectivity index is 2.56. The van der Waals surface area contributed by atoms with Crippen LogP contribution in [0.5, 0.6) is 0 Å². The fourth-order valence-electron chi connectivity index (χ4n) is 2.46. The van der Waals surface area contributed by atoms with Gasteiger partial charge in [0, 0.05) is 0 Å². The highest BCUT2D eigenvalue weighted by atomic mass is 79.9. The zero-order valence-corrected chi connectivity index (χ0v) is 13.4. The number of aryl methyl sites for hydroxylation is 3. The van der Waals surface area contributed by atoms with Crippen LogP contribution in [0.25, 0.3) is 0 Å². The molecule has 0 aliphatic rings. The molecule has 0 nitrogen and oxygen atoms in total. The van der Waals surface area contributed by atoms with E-state index in [1.54, 1.807) is 6.07 Å². The minimum absolute atomic E-state index is 0.101. The molecular weight excluding hydrogens is 327 g/mol. The molecule has 1 unspecified atom stereocenters. The first kappa shape index (κ1) is 14.5. The molecule has 0 aliphatic carbocycles. The van der Waals surface area contributed by atoms with Gasteiger partial charge in [-0.1, -0.05) is 57.4 Å². The summed E-state index contributed by atoms with van der Waals surface area (Å²) in [5.74, 6) is -0.383. The molecule has 0 fully saturated rings. The molecule has 0 spiro atoms. The first-order valence-corrected chi connectivity index (χ1v) is 7.37. The van der Waals surface area contributed by atoms with Crippen LogP contribution in [0, 0.1) is 26.6 Å². The van der Waals surface area contributed by atoms with Gasteiger partial charge in [-0.3, -0.25) is 0 Å². The first-order chi connectivity index (χ1) is 8.91. The molecule has 2 rings (SSSR count). The van der Waals surface area contributed by atoms with Gasteiger partial charge in [0.2, 0.25) is 0 Å². The largest absolute Gasteiger partial charge is 0.205 e. The summed E-state index contributed by atoms with van der Waals surface area (Å²) in [4.78, 5) is -0.101. The summed E-state index contributed by atoms with van der Waals surface area (Å²) in [7, 11) is 0. The molecular formula is C16H15BrClF. The van der Waals surface area contributed by atoms with Gasteiger partial charge < -0.3 is 0 Å². The quantitative estimate of drug-likeness (QED) is 0.598. The molecule has 19 heavy (non-hydrogen) atoms. The minimum Gasteiger partial charge on any atom is -0.205 e. The highest BCUT2D eigenvalue weighted by Crippen LogP contribution is 2.39. The Morgan fingerprint density at radius 3 is 2.26 bits per heavy atom. The average Bonchev–Trinajstić information content (AvgIpc) is 2.31. The molecule has 0 bridgehead atoms. The molecule has 1 atom stereocenters. The first-order valence-electron chi connectivity index (χ1n) is 6.07. The van der Waals surface area contributed by atoms with E-state index < -0.39 is 0 Å². The van der Waals surface area contributed by atoms with Crippen LogP contribution in [0.15, 0.2) is 30.3 Å². The van der Waals surface area contributed by atoms with Crippen molar-refractivity contribution < 1.29 is 4.39 Å². The lowest BCUT2D eigenvalue weighted by molar-refractivity contribution is 0.626.